The maximum absolute atomic E-state index is 11.1. The van der Waals surface area contributed by atoms with Crippen LogP contribution in [-0.2, 0) is 4.79 Å². The van der Waals surface area contributed by atoms with Crippen LogP contribution in [-0.4, -0.2) is 56.6 Å². The molecule has 0 N–H and O–H groups in total. The van der Waals surface area contributed by atoms with Crippen molar-refractivity contribution in [3.05, 3.63) is 12.7 Å². The Balaban J connectivity index is 0. The quantitative estimate of drug-likeness (QED) is 0.306. The Labute approximate surface area is 106 Å². The summed E-state index contributed by atoms with van der Waals surface area (Å²) in [6.07, 6.45) is 4.85. The maximum Gasteiger partial charge on any atom is 0.245 e. The minimum Gasteiger partial charge on any atom is -1.00 e. The fourth-order valence-electron chi connectivity index (χ4n) is 1.38. The molecule has 0 rings (SSSR count). The van der Waals surface area contributed by atoms with E-state index in [1.54, 1.807) is 4.90 Å². The van der Waals surface area contributed by atoms with Gasteiger partial charge in [-0.2, -0.15) is 0 Å². The van der Waals surface area contributed by atoms with Gasteiger partial charge in [-0.05, 0) is 25.3 Å². The van der Waals surface area contributed by atoms with Crippen molar-refractivity contribution in [1.82, 2.24) is 4.90 Å². The third-order valence-corrected chi connectivity index (χ3v) is 2.37. The lowest BCUT2D eigenvalue weighted by Gasteiger charge is -2.23. The summed E-state index contributed by atoms with van der Waals surface area (Å²) in [6, 6.07) is 0. The Morgan fingerprint density at radius 3 is 2.25 bits per heavy atom. The van der Waals surface area contributed by atoms with Crippen molar-refractivity contribution in [2.24, 2.45) is 0 Å². The lowest BCUT2D eigenvalue weighted by Crippen LogP contribution is -3.00. The average Bonchev–Trinajstić information content (AvgIpc) is 2.14. The molecule has 0 saturated heterocycles. The molecular formula is C12H25ClN2O. The van der Waals surface area contributed by atoms with Crippen LogP contribution in [0, 0.1) is 0 Å². The third kappa shape index (κ3) is 9.99. The first-order valence-electron chi connectivity index (χ1n) is 5.55. The van der Waals surface area contributed by atoms with E-state index in [9.17, 15) is 4.79 Å². The van der Waals surface area contributed by atoms with E-state index in [-0.39, 0.29) is 18.3 Å². The van der Waals surface area contributed by atoms with Crippen LogP contribution >= 0.6 is 0 Å². The number of carbonyl (C=O) groups excluding carboxylic acids is 1. The number of hydrogen-bond acceptors (Lipinski definition) is 1. The summed E-state index contributed by atoms with van der Waals surface area (Å²) in [7, 11) is 8.43. The number of rotatable bonds is 7. The summed E-state index contributed by atoms with van der Waals surface area (Å²) in [6.45, 7) is 5.49. The van der Waals surface area contributed by atoms with E-state index in [0.29, 0.717) is 0 Å². The molecule has 4 heteroatoms. The molecule has 0 heterocycles. The van der Waals surface area contributed by atoms with Gasteiger partial charge in [0.2, 0.25) is 5.91 Å². The highest BCUT2D eigenvalue weighted by Crippen LogP contribution is 2.01. The highest BCUT2D eigenvalue weighted by molar-refractivity contribution is 5.86. The van der Waals surface area contributed by atoms with E-state index < -0.39 is 0 Å². The van der Waals surface area contributed by atoms with Crippen molar-refractivity contribution in [1.29, 1.82) is 0 Å². The fraction of sp³-hybridized carbons (Fsp3) is 0.750. The van der Waals surface area contributed by atoms with Crippen LogP contribution < -0.4 is 12.4 Å². The van der Waals surface area contributed by atoms with E-state index in [2.05, 4.69) is 27.7 Å². The molecule has 0 aliphatic carbocycles. The maximum atomic E-state index is 11.1. The van der Waals surface area contributed by atoms with Crippen LogP contribution in [0.25, 0.3) is 0 Å². The minimum absolute atomic E-state index is 0. The second kappa shape index (κ2) is 8.59. The molecule has 0 aromatic carbocycles. The van der Waals surface area contributed by atoms with Gasteiger partial charge in [0.05, 0.1) is 27.7 Å². The number of amides is 1. The average molecular weight is 249 g/mol. The molecule has 1 amide bonds. The summed E-state index contributed by atoms with van der Waals surface area (Å²) < 4.78 is 1.02. The van der Waals surface area contributed by atoms with E-state index >= 15 is 0 Å². The number of unbranched alkanes of at least 4 members (excludes halogenated alkanes) is 2. The number of hydrogen-bond donors (Lipinski definition) is 0. The molecule has 0 aliphatic heterocycles. The van der Waals surface area contributed by atoms with Crippen LogP contribution in [0.3, 0.4) is 0 Å². The van der Waals surface area contributed by atoms with Crippen molar-refractivity contribution in [3.63, 3.8) is 0 Å². The van der Waals surface area contributed by atoms with Crippen LogP contribution in [0.2, 0.25) is 0 Å². The molecule has 0 spiro atoms. The van der Waals surface area contributed by atoms with Gasteiger partial charge in [-0.15, -0.1) is 0 Å². The van der Waals surface area contributed by atoms with Crippen molar-refractivity contribution in [3.8, 4) is 0 Å². The molecule has 96 valence electrons. The molecule has 0 aromatic rings. The van der Waals surface area contributed by atoms with Crippen molar-refractivity contribution in [2.45, 2.75) is 19.3 Å². The number of carbonyl (C=O) groups is 1. The summed E-state index contributed by atoms with van der Waals surface area (Å²) in [5.41, 5.74) is 0. The number of quaternary nitrogens is 1. The first-order chi connectivity index (χ1) is 6.87. The molecule has 0 aromatic heterocycles. The molecule has 0 aliphatic rings. The Morgan fingerprint density at radius 2 is 1.81 bits per heavy atom. The highest BCUT2D eigenvalue weighted by Gasteiger charge is 2.06. The lowest BCUT2D eigenvalue weighted by atomic mass is 10.2. The van der Waals surface area contributed by atoms with Crippen molar-refractivity contribution < 1.29 is 21.7 Å². The van der Waals surface area contributed by atoms with E-state index in [1.165, 1.54) is 25.5 Å². The van der Waals surface area contributed by atoms with Crippen LogP contribution in [0.5, 0.6) is 0 Å². The van der Waals surface area contributed by atoms with Gasteiger partial charge in [-0.3, -0.25) is 4.79 Å². The fourth-order valence-corrected chi connectivity index (χ4v) is 1.38. The Morgan fingerprint density at radius 1 is 1.25 bits per heavy atom. The van der Waals surface area contributed by atoms with Gasteiger partial charge in [-0.1, -0.05) is 6.58 Å². The van der Waals surface area contributed by atoms with Crippen LogP contribution in [0.1, 0.15) is 19.3 Å². The number of nitrogens with zero attached hydrogens (tertiary/aromatic N) is 2. The highest BCUT2D eigenvalue weighted by atomic mass is 35.5. The monoisotopic (exact) mass is 248 g/mol. The normalized spacial score (nSPS) is 10.5. The molecule has 0 radical (unpaired) electrons. The summed E-state index contributed by atoms with van der Waals surface area (Å²) in [4.78, 5) is 12.9. The standard InChI is InChI=1S/C12H25N2O.ClH/c1-6-12(15)13(2)10-8-7-9-11-14(3,4)5;/h6H,1,7-11H2,2-5H3;1H/q+1;/p-1. The van der Waals surface area contributed by atoms with Crippen LogP contribution in [0.4, 0.5) is 0 Å². The summed E-state index contributed by atoms with van der Waals surface area (Å²) in [5.74, 6) is 0.0154. The molecule has 0 atom stereocenters. The third-order valence-electron chi connectivity index (χ3n) is 2.37. The minimum atomic E-state index is 0. The Hall–Kier alpha value is -0.540. The number of likely N-dealkylation sites (N-methyl/N-ethyl adjacent to an activating group) is 1. The zero-order valence-corrected chi connectivity index (χ0v) is 11.8. The predicted molar refractivity (Wildman–Crippen MR) is 64.6 cm³/mol. The van der Waals surface area contributed by atoms with Gasteiger partial charge in [0.25, 0.3) is 0 Å². The Bertz CT molecular complexity index is 212. The molecule has 0 fully saturated rings. The second-order valence-corrected chi connectivity index (χ2v) is 5.04. The molecule has 0 saturated carbocycles. The van der Waals surface area contributed by atoms with Gasteiger partial charge < -0.3 is 21.8 Å². The van der Waals surface area contributed by atoms with Crippen molar-refractivity contribution in [2.75, 3.05) is 41.3 Å². The van der Waals surface area contributed by atoms with Gasteiger partial charge in [0.15, 0.2) is 0 Å². The zero-order valence-electron chi connectivity index (χ0n) is 11.0. The predicted octanol–water partition coefficient (Wildman–Crippen LogP) is -1.49. The van der Waals surface area contributed by atoms with Gasteiger partial charge >= 0.3 is 0 Å². The molecule has 0 bridgehead atoms. The summed E-state index contributed by atoms with van der Waals surface area (Å²) in [5, 5.41) is 0. The molecule has 3 nitrogen and oxygen atoms in total. The first-order valence-corrected chi connectivity index (χ1v) is 5.55. The second-order valence-electron chi connectivity index (χ2n) is 5.04. The lowest BCUT2D eigenvalue weighted by molar-refractivity contribution is -0.870. The zero-order chi connectivity index (χ0) is 11.9. The van der Waals surface area contributed by atoms with E-state index in [0.717, 1.165) is 17.4 Å². The van der Waals surface area contributed by atoms with E-state index in [1.807, 2.05) is 7.05 Å². The number of halogens is 1. The molecule has 16 heavy (non-hydrogen) atoms. The first kappa shape index (κ1) is 17.8. The molecular weight excluding hydrogens is 224 g/mol. The smallest absolute Gasteiger partial charge is 0.245 e. The van der Waals surface area contributed by atoms with Crippen molar-refractivity contribution >= 4 is 5.91 Å². The van der Waals surface area contributed by atoms with E-state index in [4.69, 9.17) is 0 Å². The SMILES string of the molecule is C=CC(=O)N(C)CCCCC[N+](C)(C)C.[Cl-]. The van der Waals surface area contributed by atoms with Gasteiger partial charge in [0, 0.05) is 13.6 Å². The van der Waals surface area contributed by atoms with Crippen LogP contribution in [0.15, 0.2) is 12.7 Å². The van der Waals surface area contributed by atoms with Gasteiger partial charge in [-0.25, -0.2) is 0 Å². The topological polar surface area (TPSA) is 20.3 Å². The van der Waals surface area contributed by atoms with Gasteiger partial charge in [0.1, 0.15) is 0 Å². The largest absolute Gasteiger partial charge is 1.00 e. The summed E-state index contributed by atoms with van der Waals surface area (Å²) >= 11 is 0. The molecule has 0 unspecified atom stereocenters. The Kier molecular flexibility index (Phi) is 9.58.